The van der Waals surface area contributed by atoms with Crippen molar-refractivity contribution in [1.82, 2.24) is 0 Å². The van der Waals surface area contributed by atoms with Crippen LogP contribution in [0, 0.1) is 23.1 Å². The Kier molecular flexibility index (Phi) is 3.91. The van der Waals surface area contributed by atoms with Gasteiger partial charge in [0.25, 0.3) is 0 Å². The number of hydrogen-bond donors (Lipinski definition) is 0. The molecule has 0 spiro atoms. The number of halogens is 3. The van der Waals surface area contributed by atoms with Crippen LogP contribution >= 0.6 is 67.8 Å². The molecule has 0 amide bonds. The highest BCUT2D eigenvalue weighted by Gasteiger charge is 2.04. The molecule has 55 valence electrons. The Morgan fingerprint density at radius 2 is 1.73 bits per heavy atom. The van der Waals surface area contributed by atoms with Gasteiger partial charge in [0.15, 0.2) is 0 Å². The van der Waals surface area contributed by atoms with E-state index in [0.717, 1.165) is 9.13 Å². The van der Waals surface area contributed by atoms with Crippen molar-refractivity contribution in [3.05, 3.63) is 34.8 Å². The van der Waals surface area contributed by atoms with Gasteiger partial charge in [-0.15, -0.1) is 0 Å². The van der Waals surface area contributed by atoms with Crippen LogP contribution in [0.3, 0.4) is 0 Å². The Balaban J connectivity index is 3.40. The summed E-state index contributed by atoms with van der Waals surface area (Å²) in [6.45, 7) is 0. The summed E-state index contributed by atoms with van der Waals surface area (Å²) in [5, 5.41) is 0. The molecule has 0 fully saturated rings. The molecule has 1 radical (unpaired) electrons. The molecule has 0 aromatic heterocycles. The summed E-state index contributed by atoms with van der Waals surface area (Å²) in [5.41, 5.74) is 0.871. The lowest BCUT2D eigenvalue weighted by Gasteiger charge is -2.00. The second kappa shape index (κ2) is 4.28. The third-order valence-corrected chi connectivity index (χ3v) is 6.37. The van der Waals surface area contributed by atoms with E-state index in [1.54, 1.807) is 0 Å². The molecular weight excluding hydrogens is 477 g/mol. The highest BCUT2D eigenvalue weighted by molar-refractivity contribution is 14.1. The zero-order valence-corrected chi connectivity index (χ0v) is 11.8. The fraction of sp³-hybridized carbons (Fsp3) is 0. The molecule has 0 atom stereocenters. The van der Waals surface area contributed by atoms with Crippen molar-refractivity contribution in [3.8, 4) is 5.92 Å². The highest BCUT2D eigenvalue weighted by atomic mass is 127. The van der Waals surface area contributed by atoms with Crippen molar-refractivity contribution >= 4 is 67.8 Å². The van der Waals surface area contributed by atoms with Gasteiger partial charge in [0.2, 0.25) is 0 Å². The first kappa shape index (κ1) is 10.1. The van der Waals surface area contributed by atoms with Gasteiger partial charge in [-0.3, -0.25) is 0 Å². The molecule has 11 heavy (non-hydrogen) atoms. The lowest BCUT2D eigenvalue weighted by atomic mass is 10.2. The van der Waals surface area contributed by atoms with E-state index in [1.165, 1.54) is 7.14 Å². The van der Waals surface area contributed by atoms with Gasteiger partial charge < -0.3 is 0 Å². The largest absolute Gasteiger partial charge is 0.0517 e. The lowest BCUT2D eigenvalue weighted by molar-refractivity contribution is 1.49. The summed E-state index contributed by atoms with van der Waals surface area (Å²) in [4.78, 5) is 0. The molecule has 0 aliphatic heterocycles. The third kappa shape index (κ3) is 2.21. The first-order valence-electron chi connectivity index (χ1n) is 2.73. The minimum absolute atomic E-state index is 0.871. The van der Waals surface area contributed by atoms with Crippen LogP contribution in [0.5, 0.6) is 0 Å². The van der Waals surface area contributed by atoms with Gasteiger partial charge in [-0.1, -0.05) is 5.92 Å². The molecule has 0 unspecified atom stereocenters. The van der Waals surface area contributed by atoms with Gasteiger partial charge >= 0.3 is 0 Å². The van der Waals surface area contributed by atoms with E-state index in [0.29, 0.717) is 0 Å². The molecule has 1 aromatic carbocycles. The average Bonchev–Trinajstić information content (AvgIpc) is 2.01. The van der Waals surface area contributed by atoms with E-state index in [9.17, 15) is 0 Å². The Morgan fingerprint density at radius 3 is 2.27 bits per heavy atom. The van der Waals surface area contributed by atoms with E-state index in [-0.39, 0.29) is 0 Å². The first-order chi connectivity index (χ1) is 5.16. The minimum Gasteiger partial charge on any atom is -0.0517 e. The molecule has 3 heteroatoms. The summed E-state index contributed by atoms with van der Waals surface area (Å²) in [5.74, 6) is 2.40. The zero-order valence-electron chi connectivity index (χ0n) is 5.29. The molecule has 0 saturated heterocycles. The molecule has 0 aliphatic carbocycles. The second-order valence-corrected chi connectivity index (χ2v) is 5.17. The average molecular weight is 479 g/mol. The Bertz CT molecular complexity index is 323. The fourth-order valence-corrected chi connectivity index (χ4v) is 2.66. The molecule has 0 nitrogen and oxygen atoms in total. The van der Waals surface area contributed by atoms with Gasteiger partial charge in [-0.05, 0) is 86.3 Å². The number of rotatable bonds is 0. The van der Waals surface area contributed by atoms with Crippen LogP contribution in [0.25, 0.3) is 0 Å². The summed E-state index contributed by atoms with van der Waals surface area (Å²) < 4.78 is 3.55. The van der Waals surface area contributed by atoms with Gasteiger partial charge in [-0.25, -0.2) is 0 Å². The predicted molar refractivity (Wildman–Crippen MR) is 70.8 cm³/mol. The maximum atomic E-state index is 6.99. The van der Waals surface area contributed by atoms with Crippen molar-refractivity contribution in [1.29, 1.82) is 0 Å². The van der Waals surface area contributed by atoms with Crippen molar-refractivity contribution in [2.24, 2.45) is 0 Å². The molecular formula is C8H2I3. The van der Waals surface area contributed by atoms with Crippen LogP contribution in [0.2, 0.25) is 0 Å². The fourth-order valence-electron chi connectivity index (χ4n) is 0.622. The highest BCUT2D eigenvalue weighted by Crippen LogP contribution is 2.23. The van der Waals surface area contributed by atoms with E-state index < -0.39 is 0 Å². The van der Waals surface area contributed by atoms with Crippen LogP contribution in [0.4, 0.5) is 0 Å². The van der Waals surface area contributed by atoms with Gasteiger partial charge in [0.05, 0.1) is 0 Å². The molecule has 0 saturated carbocycles. The van der Waals surface area contributed by atoms with Crippen LogP contribution < -0.4 is 0 Å². The van der Waals surface area contributed by atoms with E-state index in [1.807, 2.05) is 12.1 Å². The summed E-state index contributed by atoms with van der Waals surface area (Å²) in [6.07, 6.45) is 6.99. The molecule has 0 N–H and O–H groups in total. The molecule has 1 aromatic rings. The third-order valence-electron chi connectivity index (χ3n) is 1.17. The van der Waals surface area contributed by atoms with Crippen LogP contribution in [0.15, 0.2) is 12.1 Å². The van der Waals surface area contributed by atoms with Crippen molar-refractivity contribution < 1.29 is 0 Å². The van der Waals surface area contributed by atoms with E-state index in [2.05, 4.69) is 73.7 Å². The molecule has 0 heterocycles. The van der Waals surface area contributed by atoms with E-state index in [4.69, 9.17) is 6.42 Å². The van der Waals surface area contributed by atoms with Gasteiger partial charge in [0, 0.05) is 16.3 Å². The van der Waals surface area contributed by atoms with Crippen molar-refractivity contribution in [2.75, 3.05) is 0 Å². The lowest BCUT2D eigenvalue weighted by Crippen LogP contribution is -1.89. The quantitative estimate of drug-likeness (QED) is 0.304. The monoisotopic (exact) mass is 479 g/mol. The Morgan fingerprint density at radius 1 is 1.09 bits per heavy atom. The maximum Gasteiger partial charge on any atom is 0.0431 e. The Labute approximate surface area is 107 Å². The minimum atomic E-state index is 0.871. The van der Waals surface area contributed by atoms with Gasteiger partial charge in [0.1, 0.15) is 0 Å². The first-order valence-corrected chi connectivity index (χ1v) is 5.96. The standard InChI is InChI=1S/C8H2I3/c1-2-5-3-4-6(9)8(11)7(5)10/h3-4H. The van der Waals surface area contributed by atoms with Crippen LogP contribution in [-0.2, 0) is 0 Å². The summed E-state index contributed by atoms with van der Waals surface area (Å²) in [6, 6.07) is 3.92. The second-order valence-electron chi connectivity index (χ2n) is 1.85. The van der Waals surface area contributed by atoms with Crippen molar-refractivity contribution in [2.45, 2.75) is 0 Å². The van der Waals surface area contributed by atoms with Crippen LogP contribution in [-0.4, -0.2) is 0 Å². The number of benzene rings is 1. The smallest absolute Gasteiger partial charge is 0.0431 e. The maximum absolute atomic E-state index is 6.99. The van der Waals surface area contributed by atoms with E-state index >= 15 is 0 Å². The zero-order chi connectivity index (χ0) is 8.43. The summed E-state index contributed by atoms with van der Waals surface area (Å²) in [7, 11) is 0. The van der Waals surface area contributed by atoms with Crippen molar-refractivity contribution in [3.63, 3.8) is 0 Å². The van der Waals surface area contributed by atoms with Crippen LogP contribution in [0.1, 0.15) is 5.56 Å². The molecule has 0 bridgehead atoms. The topological polar surface area (TPSA) is 0 Å². The molecule has 1 rings (SSSR count). The van der Waals surface area contributed by atoms with Gasteiger partial charge in [-0.2, -0.15) is 0 Å². The SMILES string of the molecule is [C]#Cc1ccc(I)c(I)c1I. The number of hydrogen-bond acceptors (Lipinski definition) is 0. The Hall–Kier alpha value is 0.970. The predicted octanol–water partition coefficient (Wildman–Crippen LogP) is 3.44. The normalized spacial score (nSPS) is 9.27. The molecule has 0 aliphatic rings. The summed E-state index contributed by atoms with van der Waals surface area (Å²) >= 11 is 6.80.